The number of nitrogens with two attached hydrogens (primary N) is 1. The maximum atomic E-state index is 12.1. The summed E-state index contributed by atoms with van der Waals surface area (Å²) < 4.78 is 0. The molecule has 0 saturated carbocycles. The molecular formula is C14H13N3OS2. The Bertz CT molecular complexity index is 655. The Kier molecular flexibility index (Phi) is 3.50. The van der Waals surface area contributed by atoms with Gasteiger partial charge in [-0.25, -0.2) is 4.98 Å². The maximum absolute atomic E-state index is 12.1. The van der Waals surface area contributed by atoms with Crippen molar-refractivity contribution >= 4 is 39.6 Å². The number of thiocarbonyl (C=S) groups is 1. The lowest BCUT2D eigenvalue weighted by Crippen LogP contribution is -2.13. The standard InChI is InChI=1S/C14H13N3OS2/c15-12(19)8-4-6-9(7-5-8)13(18)17-14-16-10-2-1-3-11(10)20-14/h4-7H,1-3H2,(H2,15,19)(H,16,17,18). The van der Waals surface area contributed by atoms with E-state index in [-0.39, 0.29) is 5.91 Å². The van der Waals surface area contributed by atoms with Gasteiger partial charge in [0, 0.05) is 16.0 Å². The lowest BCUT2D eigenvalue weighted by molar-refractivity contribution is 0.102. The molecule has 102 valence electrons. The van der Waals surface area contributed by atoms with Gasteiger partial charge in [-0.1, -0.05) is 24.4 Å². The molecule has 0 atom stereocenters. The number of benzene rings is 1. The fourth-order valence-corrected chi connectivity index (χ4v) is 3.38. The van der Waals surface area contributed by atoms with Gasteiger partial charge in [0.2, 0.25) is 0 Å². The number of carbonyl (C=O) groups is 1. The van der Waals surface area contributed by atoms with Crippen molar-refractivity contribution in [3.63, 3.8) is 0 Å². The minimum absolute atomic E-state index is 0.160. The molecular weight excluding hydrogens is 290 g/mol. The van der Waals surface area contributed by atoms with Crippen LogP contribution in [0.15, 0.2) is 24.3 Å². The maximum Gasteiger partial charge on any atom is 0.257 e. The second-order valence-corrected chi connectivity index (χ2v) is 6.16. The Labute approximate surface area is 126 Å². The van der Waals surface area contributed by atoms with E-state index in [9.17, 15) is 4.79 Å². The zero-order valence-electron chi connectivity index (χ0n) is 10.7. The number of aromatic nitrogens is 1. The van der Waals surface area contributed by atoms with Crippen LogP contribution in [-0.4, -0.2) is 15.9 Å². The van der Waals surface area contributed by atoms with Gasteiger partial charge in [-0.3, -0.25) is 10.1 Å². The van der Waals surface area contributed by atoms with Crippen LogP contribution in [0, 0.1) is 0 Å². The van der Waals surface area contributed by atoms with Crippen LogP contribution in [0.1, 0.15) is 32.9 Å². The lowest BCUT2D eigenvalue weighted by atomic mass is 10.1. The van der Waals surface area contributed by atoms with E-state index >= 15 is 0 Å². The fourth-order valence-electron chi connectivity index (χ4n) is 2.20. The molecule has 1 aromatic heterocycles. The van der Waals surface area contributed by atoms with Crippen LogP contribution >= 0.6 is 23.6 Å². The zero-order chi connectivity index (χ0) is 14.1. The average molecular weight is 303 g/mol. The Hall–Kier alpha value is -1.79. The van der Waals surface area contributed by atoms with Crippen LogP contribution in [-0.2, 0) is 12.8 Å². The highest BCUT2D eigenvalue weighted by atomic mass is 32.1. The highest BCUT2D eigenvalue weighted by molar-refractivity contribution is 7.80. The van der Waals surface area contributed by atoms with Gasteiger partial charge in [-0.05, 0) is 31.4 Å². The van der Waals surface area contributed by atoms with Crippen molar-refractivity contribution in [2.45, 2.75) is 19.3 Å². The first-order valence-electron chi connectivity index (χ1n) is 6.33. The number of nitrogens with zero attached hydrogens (tertiary/aromatic N) is 1. The molecule has 1 amide bonds. The van der Waals surface area contributed by atoms with Gasteiger partial charge in [0.05, 0.1) is 5.69 Å². The first-order chi connectivity index (χ1) is 9.63. The van der Waals surface area contributed by atoms with E-state index in [1.165, 1.54) is 11.3 Å². The van der Waals surface area contributed by atoms with Crippen molar-refractivity contribution in [3.8, 4) is 0 Å². The van der Waals surface area contributed by atoms with Crippen molar-refractivity contribution < 1.29 is 4.79 Å². The molecule has 0 bridgehead atoms. The summed E-state index contributed by atoms with van der Waals surface area (Å²) in [5.41, 5.74) is 7.98. The molecule has 20 heavy (non-hydrogen) atoms. The number of hydrogen-bond donors (Lipinski definition) is 2. The second-order valence-electron chi connectivity index (χ2n) is 4.64. The molecule has 3 N–H and O–H groups in total. The van der Waals surface area contributed by atoms with Crippen molar-refractivity contribution in [3.05, 3.63) is 46.0 Å². The molecule has 0 aliphatic heterocycles. The van der Waals surface area contributed by atoms with Crippen LogP contribution < -0.4 is 11.1 Å². The highest BCUT2D eigenvalue weighted by Gasteiger charge is 2.18. The number of anilines is 1. The summed E-state index contributed by atoms with van der Waals surface area (Å²) in [7, 11) is 0. The third kappa shape index (κ3) is 2.57. The van der Waals surface area contributed by atoms with Crippen molar-refractivity contribution in [2.24, 2.45) is 5.73 Å². The van der Waals surface area contributed by atoms with Gasteiger partial charge >= 0.3 is 0 Å². The monoisotopic (exact) mass is 303 g/mol. The smallest absolute Gasteiger partial charge is 0.257 e. The molecule has 0 unspecified atom stereocenters. The van der Waals surface area contributed by atoms with Gasteiger partial charge in [0.1, 0.15) is 4.99 Å². The molecule has 1 aliphatic rings. The molecule has 0 saturated heterocycles. The molecule has 6 heteroatoms. The normalized spacial score (nSPS) is 13.0. The van der Waals surface area contributed by atoms with Crippen LogP contribution in [0.3, 0.4) is 0 Å². The van der Waals surface area contributed by atoms with Crippen molar-refractivity contribution in [2.75, 3.05) is 5.32 Å². The molecule has 0 radical (unpaired) electrons. The van der Waals surface area contributed by atoms with E-state index < -0.39 is 0 Å². The second kappa shape index (κ2) is 5.30. The number of nitrogens with one attached hydrogen (secondary N) is 1. The summed E-state index contributed by atoms with van der Waals surface area (Å²) in [6.45, 7) is 0. The summed E-state index contributed by atoms with van der Waals surface area (Å²) in [4.78, 5) is 18.2. The largest absolute Gasteiger partial charge is 0.389 e. The van der Waals surface area contributed by atoms with Gasteiger partial charge in [-0.2, -0.15) is 0 Å². The van der Waals surface area contributed by atoms with E-state index in [1.54, 1.807) is 35.6 Å². The molecule has 4 nitrogen and oxygen atoms in total. The Morgan fingerprint density at radius 2 is 1.95 bits per heavy atom. The third-order valence-corrected chi connectivity index (χ3v) is 4.56. The zero-order valence-corrected chi connectivity index (χ0v) is 12.3. The average Bonchev–Trinajstić information content (AvgIpc) is 2.99. The molecule has 2 aromatic rings. The Morgan fingerprint density at radius 1 is 1.25 bits per heavy atom. The van der Waals surface area contributed by atoms with E-state index in [2.05, 4.69) is 10.3 Å². The van der Waals surface area contributed by atoms with Gasteiger partial charge < -0.3 is 5.73 Å². The van der Waals surface area contributed by atoms with Gasteiger partial charge in [-0.15, -0.1) is 11.3 Å². The Balaban J connectivity index is 1.73. The summed E-state index contributed by atoms with van der Waals surface area (Å²) in [6.07, 6.45) is 3.26. The van der Waals surface area contributed by atoms with E-state index in [4.69, 9.17) is 18.0 Å². The van der Waals surface area contributed by atoms with Crippen LogP contribution in [0.2, 0.25) is 0 Å². The number of hydrogen-bond acceptors (Lipinski definition) is 4. The molecule has 3 rings (SSSR count). The number of carbonyl (C=O) groups excluding carboxylic acids is 1. The van der Waals surface area contributed by atoms with Gasteiger partial charge in [0.15, 0.2) is 5.13 Å². The number of aryl methyl sites for hydroxylation is 2. The molecule has 0 fully saturated rings. The molecule has 1 aromatic carbocycles. The number of fused-ring (bicyclic) bond motifs is 1. The number of amides is 1. The van der Waals surface area contributed by atoms with Crippen molar-refractivity contribution in [1.82, 2.24) is 4.98 Å². The van der Waals surface area contributed by atoms with Crippen LogP contribution in [0.5, 0.6) is 0 Å². The van der Waals surface area contributed by atoms with E-state index in [0.717, 1.165) is 24.1 Å². The third-order valence-electron chi connectivity index (χ3n) is 3.25. The minimum atomic E-state index is -0.160. The quantitative estimate of drug-likeness (QED) is 0.855. The van der Waals surface area contributed by atoms with Gasteiger partial charge in [0.25, 0.3) is 5.91 Å². The predicted molar refractivity (Wildman–Crippen MR) is 84.4 cm³/mol. The van der Waals surface area contributed by atoms with Crippen molar-refractivity contribution in [1.29, 1.82) is 0 Å². The highest BCUT2D eigenvalue weighted by Crippen LogP contribution is 2.30. The first kappa shape index (κ1) is 13.2. The summed E-state index contributed by atoms with van der Waals surface area (Å²) in [6, 6.07) is 6.93. The van der Waals surface area contributed by atoms with E-state index in [0.29, 0.717) is 15.7 Å². The summed E-state index contributed by atoms with van der Waals surface area (Å²) in [5.74, 6) is -0.160. The van der Waals surface area contributed by atoms with Crippen LogP contribution in [0.4, 0.5) is 5.13 Å². The first-order valence-corrected chi connectivity index (χ1v) is 7.56. The summed E-state index contributed by atoms with van der Waals surface area (Å²) >= 11 is 6.45. The molecule has 0 spiro atoms. The number of rotatable bonds is 3. The van der Waals surface area contributed by atoms with Crippen LogP contribution in [0.25, 0.3) is 0 Å². The minimum Gasteiger partial charge on any atom is -0.389 e. The SMILES string of the molecule is NC(=S)c1ccc(C(=O)Nc2nc3c(s2)CCC3)cc1. The Morgan fingerprint density at radius 3 is 2.60 bits per heavy atom. The lowest BCUT2D eigenvalue weighted by Gasteiger charge is -2.03. The topological polar surface area (TPSA) is 68.0 Å². The summed E-state index contributed by atoms with van der Waals surface area (Å²) in [5, 5.41) is 3.52. The predicted octanol–water partition coefficient (Wildman–Crippen LogP) is 2.52. The molecule has 1 heterocycles. The van der Waals surface area contributed by atoms with E-state index in [1.807, 2.05) is 0 Å². The molecule has 1 aliphatic carbocycles. The fraction of sp³-hybridized carbons (Fsp3) is 0.214. The number of thiazole rings is 1.